The third kappa shape index (κ3) is 4.02. The van der Waals surface area contributed by atoms with Crippen LogP contribution >= 0.6 is 0 Å². The van der Waals surface area contributed by atoms with Crippen molar-refractivity contribution in [3.05, 3.63) is 100 Å². The number of halogens is 1. The summed E-state index contributed by atoms with van der Waals surface area (Å²) in [6.45, 7) is 3.50. The summed E-state index contributed by atoms with van der Waals surface area (Å²) < 4.78 is 13.6. The van der Waals surface area contributed by atoms with Crippen molar-refractivity contribution in [1.29, 1.82) is 5.26 Å². The van der Waals surface area contributed by atoms with Crippen LogP contribution in [0.1, 0.15) is 45.2 Å². The Hall–Kier alpha value is -3.65. The fraction of sp³-hybridized carbons (Fsp3) is 0.130. The van der Waals surface area contributed by atoms with E-state index >= 15 is 0 Å². The summed E-state index contributed by atoms with van der Waals surface area (Å²) in [5, 5.41) is 8.93. The fourth-order valence-corrected chi connectivity index (χ4v) is 2.95. The third-order valence-corrected chi connectivity index (χ3v) is 4.55. The zero-order valence-electron chi connectivity index (χ0n) is 15.6. The van der Waals surface area contributed by atoms with Crippen LogP contribution in [0.15, 0.2) is 61.1 Å². The Morgan fingerprint density at radius 1 is 1.11 bits per heavy atom. The van der Waals surface area contributed by atoms with Gasteiger partial charge >= 0.3 is 0 Å². The van der Waals surface area contributed by atoms with Crippen LogP contribution in [0, 0.1) is 24.1 Å². The van der Waals surface area contributed by atoms with E-state index in [4.69, 9.17) is 5.26 Å². The van der Waals surface area contributed by atoms with Gasteiger partial charge in [-0.3, -0.25) is 14.8 Å². The molecule has 4 nitrogen and oxygen atoms in total. The first-order valence-electron chi connectivity index (χ1n) is 8.79. The number of rotatable bonds is 5. The third-order valence-electron chi connectivity index (χ3n) is 4.55. The lowest BCUT2D eigenvalue weighted by Gasteiger charge is -2.09. The maximum atomic E-state index is 13.6. The van der Waals surface area contributed by atoms with E-state index in [1.807, 2.05) is 31.2 Å². The summed E-state index contributed by atoms with van der Waals surface area (Å²) in [4.78, 5) is 20.6. The first kappa shape index (κ1) is 19.1. The summed E-state index contributed by atoms with van der Waals surface area (Å²) in [6.07, 6.45) is 6.25. The number of allylic oxidation sites excluding steroid dienone is 1. The van der Waals surface area contributed by atoms with Gasteiger partial charge in [-0.25, -0.2) is 4.39 Å². The van der Waals surface area contributed by atoms with Gasteiger partial charge < -0.3 is 0 Å². The van der Waals surface area contributed by atoms with Crippen LogP contribution in [0.5, 0.6) is 0 Å². The lowest BCUT2D eigenvalue weighted by molar-refractivity contribution is 0.0990. The Labute approximate surface area is 163 Å². The van der Waals surface area contributed by atoms with Gasteiger partial charge in [0.05, 0.1) is 24.3 Å². The highest BCUT2D eigenvalue weighted by Crippen LogP contribution is 2.23. The van der Waals surface area contributed by atoms with E-state index in [1.165, 1.54) is 6.20 Å². The lowest BCUT2D eigenvalue weighted by atomic mass is 9.97. The molecule has 0 aliphatic carbocycles. The van der Waals surface area contributed by atoms with Crippen molar-refractivity contribution in [3.8, 4) is 6.07 Å². The van der Waals surface area contributed by atoms with Crippen LogP contribution in [-0.2, 0) is 6.42 Å². The highest BCUT2D eigenvalue weighted by atomic mass is 19.1. The number of nitriles is 1. The molecule has 3 aromatic rings. The molecular formula is C23H18FN3O. The molecule has 5 heteroatoms. The Morgan fingerprint density at radius 3 is 2.43 bits per heavy atom. The van der Waals surface area contributed by atoms with Crippen molar-refractivity contribution in [2.45, 2.75) is 20.3 Å². The molecular weight excluding hydrogens is 353 g/mol. The van der Waals surface area contributed by atoms with Crippen molar-refractivity contribution in [1.82, 2.24) is 9.97 Å². The maximum absolute atomic E-state index is 13.6. The molecule has 0 amide bonds. The number of hydrogen-bond donors (Lipinski definition) is 0. The number of ketones is 1. The highest BCUT2D eigenvalue weighted by Gasteiger charge is 2.14. The quantitative estimate of drug-likeness (QED) is 0.611. The molecule has 3 rings (SSSR count). The van der Waals surface area contributed by atoms with Crippen LogP contribution < -0.4 is 0 Å². The standard InChI is InChI=1S/C23H18FN3O/c1-3-20(17-6-4-16(11-25)5-7-17)18-8-9-19(27-12-18)10-23(28)21-13-26-14-22(24)15(21)2/h3-9,12-14H,10H2,1-2H3/b20-3-. The number of nitrogens with zero attached hydrogens (tertiary/aromatic N) is 3. The maximum Gasteiger partial charge on any atom is 0.170 e. The number of Topliss-reactive ketones (excluding diaryl/α,β-unsaturated/α-hetero) is 1. The van der Waals surface area contributed by atoms with Crippen molar-refractivity contribution >= 4 is 11.4 Å². The van der Waals surface area contributed by atoms with E-state index in [2.05, 4.69) is 16.0 Å². The van der Waals surface area contributed by atoms with Crippen molar-refractivity contribution in [2.24, 2.45) is 0 Å². The second kappa shape index (κ2) is 8.36. The van der Waals surface area contributed by atoms with E-state index in [-0.39, 0.29) is 17.8 Å². The Kier molecular flexibility index (Phi) is 5.71. The molecule has 0 saturated carbocycles. The average molecular weight is 371 g/mol. The Morgan fingerprint density at radius 2 is 1.82 bits per heavy atom. The van der Waals surface area contributed by atoms with Crippen LogP contribution in [0.2, 0.25) is 0 Å². The van der Waals surface area contributed by atoms with Gasteiger partial charge in [0, 0.05) is 29.2 Å². The van der Waals surface area contributed by atoms with Gasteiger partial charge in [0.1, 0.15) is 5.82 Å². The van der Waals surface area contributed by atoms with Gasteiger partial charge in [-0.05, 0) is 48.7 Å². The zero-order chi connectivity index (χ0) is 20.1. The Balaban J connectivity index is 1.79. The number of carbonyl (C=O) groups excluding carboxylic acids is 1. The van der Waals surface area contributed by atoms with E-state index in [9.17, 15) is 9.18 Å². The monoisotopic (exact) mass is 371 g/mol. The van der Waals surface area contributed by atoms with E-state index in [1.54, 1.807) is 31.3 Å². The second-order valence-corrected chi connectivity index (χ2v) is 6.32. The number of pyridine rings is 2. The second-order valence-electron chi connectivity index (χ2n) is 6.32. The minimum Gasteiger partial charge on any atom is -0.294 e. The van der Waals surface area contributed by atoms with Crippen LogP contribution in [-0.4, -0.2) is 15.8 Å². The Bertz CT molecular complexity index is 1080. The first-order valence-corrected chi connectivity index (χ1v) is 8.79. The van der Waals surface area contributed by atoms with E-state index in [0.29, 0.717) is 16.8 Å². The van der Waals surface area contributed by atoms with Gasteiger partial charge in [0.25, 0.3) is 0 Å². The molecule has 0 saturated heterocycles. The molecule has 0 aliphatic rings. The first-order chi connectivity index (χ1) is 13.5. The molecule has 0 fully saturated rings. The van der Waals surface area contributed by atoms with Crippen LogP contribution in [0.3, 0.4) is 0 Å². The molecule has 0 radical (unpaired) electrons. The average Bonchev–Trinajstić information content (AvgIpc) is 2.72. The SMILES string of the molecule is C/C=C(/c1ccc(C#N)cc1)c1ccc(CC(=O)c2cncc(F)c2C)nc1. The van der Waals surface area contributed by atoms with Gasteiger partial charge in [-0.2, -0.15) is 5.26 Å². The summed E-state index contributed by atoms with van der Waals surface area (Å²) in [5.41, 5.74) is 4.66. The zero-order valence-corrected chi connectivity index (χ0v) is 15.6. The summed E-state index contributed by atoms with van der Waals surface area (Å²) in [6, 6.07) is 13.1. The highest BCUT2D eigenvalue weighted by molar-refractivity contribution is 5.98. The normalized spacial score (nSPS) is 11.1. The molecule has 0 aliphatic heterocycles. The fourth-order valence-electron chi connectivity index (χ4n) is 2.95. The molecule has 28 heavy (non-hydrogen) atoms. The van der Waals surface area contributed by atoms with Gasteiger partial charge in [0.15, 0.2) is 5.78 Å². The lowest BCUT2D eigenvalue weighted by Crippen LogP contribution is -2.09. The van der Waals surface area contributed by atoms with E-state index < -0.39 is 5.82 Å². The van der Waals surface area contributed by atoms with Crippen molar-refractivity contribution in [3.63, 3.8) is 0 Å². The number of hydrogen-bond acceptors (Lipinski definition) is 4. The minimum absolute atomic E-state index is 0.0777. The summed E-state index contributed by atoms with van der Waals surface area (Å²) in [7, 11) is 0. The van der Waals surface area contributed by atoms with Gasteiger partial charge in [0.2, 0.25) is 0 Å². The predicted octanol–water partition coefficient (Wildman–Crippen LogP) is 4.67. The summed E-state index contributed by atoms with van der Waals surface area (Å²) in [5.74, 6) is -0.711. The molecule has 0 atom stereocenters. The molecule has 1 aromatic carbocycles. The number of carbonyl (C=O) groups is 1. The number of benzene rings is 1. The molecule has 0 spiro atoms. The minimum atomic E-state index is -0.491. The van der Waals surface area contributed by atoms with Crippen molar-refractivity contribution < 1.29 is 9.18 Å². The molecule has 2 heterocycles. The molecule has 2 aromatic heterocycles. The van der Waals surface area contributed by atoms with Crippen LogP contribution in [0.4, 0.5) is 4.39 Å². The van der Waals surface area contributed by atoms with Crippen LogP contribution in [0.25, 0.3) is 5.57 Å². The number of aromatic nitrogens is 2. The smallest absolute Gasteiger partial charge is 0.170 e. The topological polar surface area (TPSA) is 66.6 Å². The largest absolute Gasteiger partial charge is 0.294 e. The molecule has 138 valence electrons. The molecule has 0 bridgehead atoms. The molecule has 0 unspecified atom stereocenters. The van der Waals surface area contributed by atoms with Crippen molar-refractivity contribution in [2.75, 3.05) is 0 Å². The summed E-state index contributed by atoms with van der Waals surface area (Å²) >= 11 is 0. The van der Waals surface area contributed by atoms with Gasteiger partial charge in [-0.1, -0.05) is 24.3 Å². The predicted molar refractivity (Wildman–Crippen MR) is 105 cm³/mol. The molecule has 0 N–H and O–H groups in total. The van der Waals surface area contributed by atoms with E-state index in [0.717, 1.165) is 22.9 Å². The van der Waals surface area contributed by atoms with Gasteiger partial charge in [-0.15, -0.1) is 0 Å².